The number of thiazole rings is 1. The molecule has 1 heterocycles. The Balaban J connectivity index is 1.88. The summed E-state index contributed by atoms with van der Waals surface area (Å²) in [5, 5.41) is 5.36. The third-order valence-electron chi connectivity index (χ3n) is 2.93. The maximum atomic E-state index is 12.0. The van der Waals surface area contributed by atoms with Gasteiger partial charge >= 0.3 is 0 Å². The van der Waals surface area contributed by atoms with Crippen molar-refractivity contribution in [2.45, 2.75) is 32.7 Å². The number of nitrogens with zero attached hydrogens (tertiary/aromatic N) is 1. The number of amides is 1. The Kier molecular flexibility index (Phi) is 5.91. The van der Waals surface area contributed by atoms with E-state index in [-0.39, 0.29) is 11.9 Å². The Labute approximate surface area is 134 Å². The minimum Gasteiger partial charge on any atom is -0.494 e. The van der Waals surface area contributed by atoms with E-state index in [2.05, 4.69) is 10.3 Å². The van der Waals surface area contributed by atoms with E-state index in [1.807, 2.05) is 43.5 Å². The molecule has 0 aliphatic rings. The third-order valence-corrected chi connectivity index (χ3v) is 3.73. The summed E-state index contributed by atoms with van der Waals surface area (Å²) in [4.78, 5) is 16.4. The van der Waals surface area contributed by atoms with Crippen molar-refractivity contribution in [1.29, 1.82) is 0 Å². The lowest BCUT2D eigenvalue weighted by Gasteiger charge is -2.05. The molecule has 1 atom stereocenters. The van der Waals surface area contributed by atoms with E-state index in [9.17, 15) is 4.79 Å². The molecule has 6 heteroatoms. The zero-order chi connectivity index (χ0) is 15.9. The SMILES string of the molecule is CCOc1ccc(CC(=O)Nc2nc(CC(C)N)cs2)cc1. The standard InChI is InChI=1S/C16H21N3O2S/c1-3-21-14-6-4-12(5-7-14)9-15(20)19-16-18-13(10-22-16)8-11(2)17/h4-7,10-11H,3,8-9,17H2,1-2H3,(H,18,19,20). The number of carbonyl (C=O) groups is 1. The van der Waals surface area contributed by atoms with E-state index in [1.54, 1.807) is 0 Å². The van der Waals surface area contributed by atoms with Crippen LogP contribution in [0.5, 0.6) is 5.75 Å². The minimum absolute atomic E-state index is 0.0644. The normalized spacial score (nSPS) is 12.0. The van der Waals surface area contributed by atoms with Crippen LogP contribution in [0.2, 0.25) is 0 Å². The summed E-state index contributed by atoms with van der Waals surface area (Å²) in [5.74, 6) is 0.734. The summed E-state index contributed by atoms with van der Waals surface area (Å²) in [7, 11) is 0. The molecular weight excluding hydrogens is 298 g/mol. The Bertz CT molecular complexity index is 608. The van der Waals surface area contributed by atoms with Gasteiger partial charge in [0.2, 0.25) is 5.91 Å². The molecule has 5 nitrogen and oxygen atoms in total. The molecule has 0 aliphatic heterocycles. The van der Waals surface area contributed by atoms with Gasteiger partial charge in [0.25, 0.3) is 0 Å². The van der Waals surface area contributed by atoms with E-state index in [0.29, 0.717) is 24.6 Å². The minimum atomic E-state index is -0.0779. The van der Waals surface area contributed by atoms with Crippen LogP contribution >= 0.6 is 11.3 Å². The number of nitrogens with one attached hydrogen (secondary N) is 1. The van der Waals surface area contributed by atoms with E-state index < -0.39 is 0 Å². The van der Waals surface area contributed by atoms with E-state index in [0.717, 1.165) is 17.0 Å². The van der Waals surface area contributed by atoms with Crippen molar-refractivity contribution in [3.63, 3.8) is 0 Å². The second-order valence-corrected chi connectivity index (χ2v) is 5.99. The van der Waals surface area contributed by atoms with Gasteiger partial charge < -0.3 is 15.8 Å². The molecule has 3 N–H and O–H groups in total. The monoisotopic (exact) mass is 319 g/mol. The summed E-state index contributed by atoms with van der Waals surface area (Å²) in [6.07, 6.45) is 1.03. The lowest BCUT2D eigenvalue weighted by Crippen LogP contribution is -2.18. The predicted octanol–water partition coefficient (Wildman–Crippen LogP) is 2.61. The van der Waals surface area contributed by atoms with Crippen molar-refractivity contribution in [2.24, 2.45) is 5.73 Å². The van der Waals surface area contributed by atoms with Gasteiger partial charge in [0, 0.05) is 17.8 Å². The fourth-order valence-corrected chi connectivity index (χ4v) is 2.75. The molecular formula is C16H21N3O2S. The van der Waals surface area contributed by atoms with Gasteiger partial charge in [-0.3, -0.25) is 4.79 Å². The molecule has 2 aromatic rings. The van der Waals surface area contributed by atoms with Gasteiger partial charge in [-0.05, 0) is 31.5 Å². The molecule has 118 valence electrons. The van der Waals surface area contributed by atoms with Gasteiger partial charge in [0.05, 0.1) is 18.7 Å². The number of benzene rings is 1. The third kappa shape index (κ3) is 5.13. The van der Waals surface area contributed by atoms with Gasteiger partial charge in [-0.25, -0.2) is 4.98 Å². The summed E-state index contributed by atoms with van der Waals surface area (Å²) in [6, 6.07) is 7.60. The second kappa shape index (κ2) is 7.91. The quantitative estimate of drug-likeness (QED) is 0.822. The zero-order valence-corrected chi connectivity index (χ0v) is 13.7. The molecule has 0 radical (unpaired) electrons. The number of hydrogen-bond donors (Lipinski definition) is 2. The highest BCUT2D eigenvalue weighted by Crippen LogP contribution is 2.17. The predicted molar refractivity (Wildman–Crippen MR) is 89.4 cm³/mol. The molecule has 0 saturated carbocycles. The molecule has 1 aromatic carbocycles. The molecule has 1 unspecified atom stereocenters. The van der Waals surface area contributed by atoms with Gasteiger partial charge in [0.1, 0.15) is 5.75 Å². The highest BCUT2D eigenvalue weighted by molar-refractivity contribution is 7.13. The Morgan fingerprint density at radius 1 is 1.41 bits per heavy atom. The number of rotatable bonds is 7. The Morgan fingerprint density at radius 3 is 2.77 bits per heavy atom. The Morgan fingerprint density at radius 2 is 2.14 bits per heavy atom. The molecule has 0 fully saturated rings. The van der Waals surface area contributed by atoms with Crippen molar-refractivity contribution in [3.8, 4) is 5.75 Å². The number of carbonyl (C=O) groups excluding carboxylic acids is 1. The van der Waals surface area contributed by atoms with Crippen molar-refractivity contribution >= 4 is 22.4 Å². The molecule has 0 saturated heterocycles. The maximum absolute atomic E-state index is 12.0. The van der Waals surface area contributed by atoms with Crippen LogP contribution in [-0.2, 0) is 17.6 Å². The molecule has 1 aromatic heterocycles. The smallest absolute Gasteiger partial charge is 0.230 e. The number of nitrogens with two attached hydrogens (primary N) is 1. The molecule has 0 spiro atoms. The summed E-state index contributed by atoms with van der Waals surface area (Å²) < 4.78 is 5.38. The van der Waals surface area contributed by atoms with Crippen LogP contribution in [0.15, 0.2) is 29.6 Å². The molecule has 2 rings (SSSR count). The fourth-order valence-electron chi connectivity index (χ4n) is 2.01. The topological polar surface area (TPSA) is 77.2 Å². The van der Waals surface area contributed by atoms with Crippen LogP contribution in [0, 0.1) is 0 Å². The van der Waals surface area contributed by atoms with Gasteiger partial charge in [-0.2, -0.15) is 0 Å². The maximum Gasteiger partial charge on any atom is 0.230 e. The molecule has 1 amide bonds. The number of aromatic nitrogens is 1. The highest BCUT2D eigenvalue weighted by Gasteiger charge is 2.09. The number of ether oxygens (including phenoxy) is 1. The number of anilines is 1. The van der Waals surface area contributed by atoms with Gasteiger partial charge in [0.15, 0.2) is 5.13 Å². The summed E-state index contributed by atoms with van der Waals surface area (Å²) in [6.45, 7) is 4.51. The average molecular weight is 319 g/mol. The van der Waals surface area contributed by atoms with Crippen LogP contribution in [0.1, 0.15) is 25.1 Å². The number of hydrogen-bond acceptors (Lipinski definition) is 5. The van der Waals surface area contributed by atoms with Gasteiger partial charge in [-0.1, -0.05) is 12.1 Å². The lowest BCUT2D eigenvalue weighted by atomic mass is 10.1. The lowest BCUT2D eigenvalue weighted by molar-refractivity contribution is -0.115. The molecule has 0 bridgehead atoms. The van der Waals surface area contributed by atoms with Crippen LogP contribution in [0.4, 0.5) is 5.13 Å². The average Bonchev–Trinajstić information content (AvgIpc) is 2.87. The van der Waals surface area contributed by atoms with Crippen LogP contribution in [0.25, 0.3) is 0 Å². The Hall–Kier alpha value is -1.92. The van der Waals surface area contributed by atoms with Crippen LogP contribution in [0.3, 0.4) is 0 Å². The van der Waals surface area contributed by atoms with E-state index in [1.165, 1.54) is 11.3 Å². The van der Waals surface area contributed by atoms with E-state index in [4.69, 9.17) is 10.5 Å². The first kappa shape index (κ1) is 16.5. The van der Waals surface area contributed by atoms with Crippen LogP contribution < -0.4 is 15.8 Å². The first-order valence-electron chi connectivity index (χ1n) is 7.28. The fraction of sp³-hybridized carbons (Fsp3) is 0.375. The first-order chi connectivity index (χ1) is 10.6. The summed E-state index contributed by atoms with van der Waals surface area (Å²) in [5.41, 5.74) is 7.59. The van der Waals surface area contributed by atoms with Crippen molar-refractivity contribution in [2.75, 3.05) is 11.9 Å². The van der Waals surface area contributed by atoms with Crippen molar-refractivity contribution < 1.29 is 9.53 Å². The molecule has 22 heavy (non-hydrogen) atoms. The largest absolute Gasteiger partial charge is 0.494 e. The first-order valence-corrected chi connectivity index (χ1v) is 8.16. The van der Waals surface area contributed by atoms with Crippen LogP contribution in [-0.4, -0.2) is 23.5 Å². The highest BCUT2D eigenvalue weighted by atomic mass is 32.1. The van der Waals surface area contributed by atoms with Gasteiger partial charge in [-0.15, -0.1) is 11.3 Å². The summed E-state index contributed by atoms with van der Waals surface area (Å²) >= 11 is 1.42. The van der Waals surface area contributed by atoms with Crippen molar-refractivity contribution in [3.05, 3.63) is 40.9 Å². The second-order valence-electron chi connectivity index (χ2n) is 5.13. The zero-order valence-electron chi connectivity index (χ0n) is 12.8. The molecule has 0 aliphatic carbocycles. The van der Waals surface area contributed by atoms with Crippen molar-refractivity contribution in [1.82, 2.24) is 4.98 Å². The van der Waals surface area contributed by atoms with E-state index >= 15 is 0 Å².